The third kappa shape index (κ3) is 5.25. The fourth-order valence-corrected chi connectivity index (χ4v) is 2.24. The summed E-state index contributed by atoms with van der Waals surface area (Å²) in [5.74, 6) is 0. The quantitative estimate of drug-likeness (QED) is 0.362. The molecule has 2 rings (SSSR count). The molecule has 0 spiro atoms. The molecule has 0 aliphatic heterocycles. The summed E-state index contributed by atoms with van der Waals surface area (Å²) in [6, 6.07) is 2.44. The van der Waals surface area contributed by atoms with Gasteiger partial charge in [-0.2, -0.15) is 26.3 Å². The van der Waals surface area contributed by atoms with Gasteiger partial charge in [0.25, 0.3) is 5.69 Å². The van der Waals surface area contributed by atoms with E-state index >= 15 is 0 Å². The first-order chi connectivity index (χ1) is 12.8. The lowest BCUT2D eigenvalue weighted by molar-refractivity contribution is -0.384. The standard InChI is InChI=1S/C15H8ClF6N3O3/c16-11-2-1-9(6-12(11)25(27)28)23-13(26)24-10-4-7(14(17,18)19)3-8(5-10)15(20,21)22/h1-6H,(H2,23,24,26). The number of urea groups is 1. The number of carbonyl (C=O) groups is 1. The number of anilines is 2. The van der Waals surface area contributed by atoms with Crippen molar-refractivity contribution in [3.8, 4) is 0 Å². The molecule has 0 atom stereocenters. The number of nitrogens with zero attached hydrogens (tertiary/aromatic N) is 1. The van der Waals surface area contributed by atoms with E-state index in [9.17, 15) is 41.3 Å². The van der Waals surface area contributed by atoms with Crippen molar-refractivity contribution in [1.29, 1.82) is 0 Å². The van der Waals surface area contributed by atoms with Crippen molar-refractivity contribution in [2.24, 2.45) is 0 Å². The predicted molar refractivity (Wildman–Crippen MR) is 87.2 cm³/mol. The molecular formula is C15H8ClF6N3O3. The first-order valence-electron chi connectivity index (χ1n) is 7.09. The number of nitro benzene ring substituents is 1. The summed E-state index contributed by atoms with van der Waals surface area (Å²) < 4.78 is 76.8. The van der Waals surface area contributed by atoms with Gasteiger partial charge in [-0.05, 0) is 30.3 Å². The largest absolute Gasteiger partial charge is 0.416 e. The maximum absolute atomic E-state index is 12.8. The van der Waals surface area contributed by atoms with Gasteiger partial charge in [-0.25, -0.2) is 4.79 Å². The van der Waals surface area contributed by atoms with Crippen LogP contribution >= 0.6 is 11.6 Å². The molecule has 0 radical (unpaired) electrons. The number of benzene rings is 2. The van der Waals surface area contributed by atoms with E-state index in [1.165, 1.54) is 0 Å². The highest BCUT2D eigenvalue weighted by Crippen LogP contribution is 2.37. The first kappa shape index (κ1) is 21.3. The molecule has 0 heterocycles. The Morgan fingerprint density at radius 2 is 1.39 bits per heavy atom. The summed E-state index contributed by atoms with van der Waals surface area (Å²) in [7, 11) is 0. The SMILES string of the molecule is O=C(Nc1cc(C(F)(F)F)cc(C(F)(F)F)c1)Nc1ccc(Cl)c([N+](=O)[O-])c1. The smallest absolute Gasteiger partial charge is 0.308 e. The lowest BCUT2D eigenvalue weighted by atomic mass is 10.1. The Morgan fingerprint density at radius 3 is 1.86 bits per heavy atom. The summed E-state index contributed by atoms with van der Waals surface area (Å²) >= 11 is 5.59. The number of nitro groups is 1. The molecule has 0 aliphatic carbocycles. The average Bonchev–Trinajstić information content (AvgIpc) is 2.54. The fraction of sp³-hybridized carbons (Fsp3) is 0.133. The highest BCUT2D eigenvalue weighted by Gasteiger charge is 2.37. The first-order valence-corrected chi connectivity index (χ1v) is 7.46. The van der Waals surface area contributed by atoms with Crippen molar-refractivity contribution in [3.63, 3.8) is 0 Å². The fourth-order valence-electron chi connectivity index (χ4n) is 2.05. The Kier molecular flexibility index (Phi) is 5.73. The van der Waals surface area contributed by atoms with E-state index < -0.39 is 45.8 Å². The topological polar surface area (TPSA) is 84.3 Å². The Hall–Kier alpha value is -3.02. The molecule has 13 heteroatoms. The summed E-state index contributed by atoms with van der Waals surface area (Å²) in [5, 5.41) is 14.4. The zero-order valence-corrected chi connectivity index (χ0v) is 14.0. The van der Waals surface area contributed by atoms with E-state index in [1.54, 1.807) is 0 Å². The van der Waals surface area contributed by atoms with Gasteiger partial charge in [-0.1, -0.05) is 11.6 Å². The second-order valence-corrected chi connectivity index (χ2v) is 5.70. The van der Waals surface area contributed by atoms with Crippen LogP contribution in [0.3, 0.4) is 0 Å². The van der Waals surface area contributed by atoms with Crippen LogP contribution in [0.2, 0.25) is 5.02 Å². The molecule has 0 saturated heterocycles. The minimum Gasteiger partial charge on any atom is -0.308 e. The third-order valence-corrected chi connectivity index (χ3v) is 3.57. The van der Waals surface area contributed by atoms with Crippen LogP contribution in [0.4, 0.5) is 48.2 Å². The zero-order chi connectivity index (χ0) is 21.3. The molecule has 0 saturated carbocycles. The Labute approximate surface area is 157 Å². The van der Waals surface area contributed by atoms with E-state index in [0.29, 0.717) is 12.1 Å². The summed E-state index contributed by atoms with van der Waals surface area (Å²) in [6.45, 7) is 0. The molecule has 0 aliphatic rings. The van der Waals surface area contributed by atoms with Gasteiger partial charge < -0.3 is 10.6 Å². The number of hydrogen-bond acceptors (Lipinski definition) is 3. The lowest BCUT2D eigenvalue weighted by Gasteiger charge is -2.15. The van der Waals surface area contributed by atoms with Gasteiger partial charge in [-0.15, -0.1) is 0 Å². The van der Waals surface area contributed by atoms with E-state index in [1.807, 2.05) is 5.32 Å². The maximum atomic E-state index is 12.8. The van der Waals surface area contributed by atoms with Crippen LogP contribution in [0.25, 0.3) is 0 Å². The van der Waals surface area contributed by atoms with Crippen LogP contribution in [0, 0.1) is 10.1 Å². The molecule has 0 aromatic heterocycles. The average molecular weight is 428 g/mol. The van der Waals surface area contributed by atoms with Gasteiger partial charge in [0.15, 0.2) is 0 Å². The van der Waals surface area contributed by atoms with E-state index in [0.717, 1.165) is 18.2 Å². The highest BCUT2D eigenvalue weighted by molar-refractivity contribution is 6.32. The number of rotatable bonds is 3. The predicted octanol–water partition coefficient (Wildman–Crippen LogP) is 5.93. The molecule has 2 aromatic rings. The minimum absolute atomic E-state index is 0.0916. The monoisotopic (exact) mass is 427 g/mol. The summed E-state index contributed by atoms with van der Waals surface area (Å²) in [5.41, 5.74) is -4.71. The van der Waals surface area contributed by atoms with Gasteiger partial charge >= 0.3 is 18.4 Å². The van der Waals surface area contributed by atoms with Crippen LogP contribution in [-0.2, 0) is 12.4 Å². The minimum atomic E-state index is -5.08. The number of halogens is 7. The van der Waals surface area contributed by atoms with Crippen molar-refractivity contribution < 1.29 is 36.1 Å². The van der Waals surface area contributed by atoms with Gasteiger partial charge in [0.2, 0.25) is 0 Å². The van der Waals surface area contributed by atoms with Gasteiger partial charge in [0.05, 0.1) is 16.1 Å². The van der Waals surface area contributed by atoms with Crippen molar-refractivity contribution in [2.75, 3.05) is 10.6 Å². The normalized spacial score (nSPS) is 11.8. The molecule has 0 unspecified atom stereocenters. The molecule has 150 valence electrons. The summed E-state index contributed by atoms with van der Waals surface area (Å²) in [4.78, 5) is 21.8. The van der Waals surface area contributed by atoms with E-state index in [2.05, 4.69) is 5.32 Å². The van der Waals surface area contributed by atoms with Crippen LogP contribution < -0.4 is 10.6 Å². The molecule has 2 aromatic carbocycles. The van der Waals surface area contributed by atoms with Gasteiger partial charge in [0.1, 0.15) is 5.02 Å². The Morgan fingerprint density at radius 1 is 0.893 bits per heavy atom. The number of amides is 2. The lowest BCUT2D eigenvalue weighted by Crippen LogP contribution is -2.21. The Balaban J connectivity index is 2.28. The van der Waals surface area contributed by atoms with Gasteiger partial charge in [-0.3, -0.25) is 10.1 Å². The second kappa shape index (κ2) is 7.54. The zero-order valence-electron chi connectivity index (χ0n) is 13.3. The van der Waals surface area contributed by atoms with Crippen molar-refractivity contribution >= 4 is 34.7 Å². The number of nitrogens with one attached hydrogen (secondary N) is 2. The van der Waals surface area contributed by atoms with E-state index in [-0.39, 0.29) is 16.8 Å². The highest BCUT2D eigenvalue weighted by atomic mass is 35.5. The second-order valence-electron chi connectivity index (χ2n) is 5.30. The maximum Gasteiger partial charge on any atom is 0.416 e. The molecular weight excluding hydrogens is 420 g/mol. The van der Waals surface area contributed by atoms with Crippen LogP contribution in [0.5, 0.6) is 0 Å². The molecule has 2 amide bonds. The molecule has 6 nitrogen and oxygen atoms in total. The molecule has 0 bridgehead atoms. The molecule has 0 fully saturated rings. The van der Waals surface area contributed by atoms with Crippen LogP contribution in [0.1, 0.15) is 11.1 Å². The van der Waals surface area contributed by atoms with Crippen molar-refractivity contribution in [2.45, 2.75) is 12.4 Å². The summed E-state index contributed by atoms with van der Waals surface area (Å²) in [6.07, 6.45) is -10.2. The molecule has 2 N–H and O–H groups in total. The Bertz CT molecular complexity index is 898. The van der Waals surface area contributed by atoms with Crippen LogP contribution in [0.15, 0.2) is 36.4 Å². The van der Waals surface area contributed by atoms with Gasteiger partial charge in [0, 0.05) is 17.4 Å². The van der Waals surface area contributed by atoms with Crippen molar-refractivity contribution in [1.82, 2.24) is 0 Å². The van der Waals surface area contributed by atoms with E-state index in [4.69, 9.17) is 11.6 Å². The number of carbonyl (C=O) groups excluding carboxylic acids is 1. The molecule has 28 heavy (non-hydrogen) atoms. The van der Waals surface area contributed by atoms with Crippen molar-refractivity contribution in [3.05, 3.63) is 62.7 Å². The third-order valence-electron chi connectivity index (χ3n) is 3.25. The number of hydrogen-bond donors (Lipinski definition) is 2. The number of alkyl halides is 6. The van der Waals surface area contributed by atoms with Crippen LogP contribution in [-0.4, -0.2) is 11.0 Å².